The normalized spacial score (nSPS) is 19.9. The van der Waals surface area contributed by atoms with Crippen molar-refractivity contribution in [2.45, 2.75) is 25.4 Å². The number of ether oxygens (including phenoxy) is 2. The van der Waals surface area contributed by atoms with Gasteiger partial charge in [0.2, 0.25) is 11.8 Å². The minimum Gasteiger partial charge on any atom is -0.489 e. The molecule has 0 radical (unpaired) electrons. The van der Waals surface area contributed by atoms with E-state index in [4.69, 9.17) is 14.3 Å². The number of rotatable bonds is 7. The van der Waals surface area contributed by atoms with Gasteiger partial charge in [-0.1, -0.05) is 0 Å². The van der Waals surface area contributed by atoms with Gasteiger partial charge in [-0.15, -0.1) is 0 Å². The summed E-state index contributed by atoms with van der Waals surface area (Å²) in [5.74, 6) is -0.618. The minimum absolute atomic E-state index is 0.0372. The standard InChI is InChI=1S/C24H26N4O5/c1-28(31-2)24(30)20-13-19(20)23(29)27-17-5-8-26-21(12-17)15-3-4-22(16(11-15)14-25)33-18-6-9-32-10-7-18/h3-5,8,11-12,18-20H,6-7,9-10,13H2,1-2H3,(H,26,27,29). The predicted molar refractivity (Wildman–Crippen MR) is 119 cm³/mol. The number of amides is 2. The molecule has 0 bridgehead atoms. The lowest BCUT2D eigenvalue weighted by Gasteiger charge is -2.23. The van der Waals surface area contributed by atoms with Crippen molar-refractivity contribution in [3.8, 4) is 23.1 Å². The number of anilines is 1. The first-order chi connectivity index (χ1) is 16.0. The molecule has 172 valence electrons. The van der Waals surface area contributed by atoms with Gasteiger partial charge in [0.1, 0.15) is 17.9 Å². The lowest BCUT2D eigenvalue weighted by Crippen LogP contribution is -2.29. The monoisotopic (exact) mass is 450 g/mol. The van der Waals surface area contributed by atoms with Crippen LogP contribution in [0.1, 0.15) is 24.8 Å². The Balaban J connectivity index is 1.44. The zero-order chi connectivity index (χ0) is 23.4. The van der Waals surface area contributed by atoms with E-state index in [1.165, 1.54) is 14.2 Å². The molecule has 4 rings (SSSR count). The van der Waals surface area contributed by atoms with E-state index in [1.807, 2.05) is 6.07 Å². The molecule has 1 saturated carbocycles. The molecule has 0 spiro atoms. The molecule has 2 aliphatic rings. The van der Waals surface area contributed by atoms with E-state index in [1.54, 1.807) is 30.5 Å². The third-order valence-corrected chi connectivity index (χ3v) is 5.91. The number of benzene rings is 1. The first-order valence-corrected chi connectivity index (χ1v) is 10.9. The van der Waals surface area contributed by atoms with Gasteiger partial charge in [-0.2, -0.15) is 5.26 Å². The summed E-state index contributed by atoms with van der Waals surface area (Å²) in [4.78, 5) is 34.0. The molecule has 1 aromatic heterocycles. The Morgan fingerprint density at radius 1 is 1.21 bits per heavy atom. The fourth-order valence-corrected chi connectivity index (χ4v) is 3.84. The number of pyridine rings is 1. The molecule has 2 aromatic rings. The Labute approximate surface area is 192 Å². The summed E-state index contributed by atoms with van der Waals surface area (Å²) in [7, 11) is 2.94. The third kappa shape index (κ3) is 5.30. The molecule has 9 nitrogen and oxygen atoms in total. The highest BCUT2D eigenvalue weighted by molar-refractivity contribution is 5.99. The van der Waals surface area contributed by atoms with Crippen LogP contribution in [-0.4, -0.2) is 55.3 Å². The first-order valence-electron chi connectivity index (χ1n) is 10.9. The molecule has 9 heteroatoms. The molecule has 2 unspecified atom stereocenters. The van der Waals surface area contributed by atoms with Gasteiger partial charge in [0.25, 0.3) is 0 Å². The maximum absolute atomic E-state index is 12.6. The van der Waals surface area contributed by atoms with Gasteiger partial charge >= 0.3 is 0 Å². The van der Waals surface area contributed by atoms with Crippen molar-refractivity contribution < 1.29 is 23.9 Å². The summed E-state index contributed by atoms with van der Waals surface area (Å²) in [6.45, 7) is 1.32. The van der Waals surface area contributed by atoms with E-state index < -0.39 is 0 Å². The largest absolute Gasteiger partial charge is 0.489 e. The average Bonchev–Trinajstić information content (AvgIpc) is 3.65. The smallest absolute Gasteiger partial charge is 0.249 e. The molecule has 1 aliphatic heterocycles. The van der Waals surface area contributed by atoms with Crippen molar-refractivity contribution in [3.63, 3.8) is 0 Å². The maximum atomic E-state index is 12.6. The van der Waals surface area contributed by atoms with Gasteiger partial charge in [0.05, 0.1) is 43.4 Å². The molecule has 33 heavy (non-hydrogen) atoms. The highest BCUT2D eigenvalue weighted by Gasteiger charge is 2.49. The molecule has 1 saturated heterocycles. The Morgan fingerprint density at radius 2 is 2.00 bits per heavy atom. The fourth-order valence-electron chi connectivity index (χ4n) is 3.84. The molecular formula is C24H26N4O5. The van der Waals surface area contributed by atoms with Crippen molar-refractivity contribution >= 4 is 17.5 Å². The van der Waals surface area contributed by atoms with Crippen molar-refractivity contribution in [2.24, 2.45) is 11.8 Å². The molecular weight excluding hydrogens is 424 g/mol. The zero-order valence-corrected chi connectivity index (χ0v) is 18.6. The van der Waals surface area contributed by atoms with Gasteiger partial charge in [-0.25, -0.2) is 5.06 Å². The fraction of sp³-hybridized carbons (Fsp3) is 0.417. The highest BCUT2D eigenvalue weighted by atomic mass is 16.7. The second kappa shape index (κ2) is 9.98. The van der Waals surface area contributed by atoms with Crippen LogP contribution >= 0.6 is 0 Å². The number of nitrogens with one attached hydrogen (secondary N) is 1. The van der Waals surface area contributed by atoms with Crippen LogP contribution in [0.25, 0.3) is 11.3 Å². The Hall–Kier alpha value is -3.48. The lowest BCUT2D eigenvalue weighted by atomic mass is 10.1. The topological polar surface area (TPSA) is 114 Å². The summed E-state index contributed by atoms with van der Waals surface area (Å²) in [6, 6.07) is 11.0. The Morgan fingerprint density at radius 3 is 2.73 bits per heavy atom. The van der Waals surface area contributed by atoms with Crippen LogP contribution in [0, 0.1) is 23.2 Å². The van der Waals surface area contributed by atoms with E-state index in [9.17, 15) is 14.9 Å². The number of hydrogen-bond donors (Lipinski definition) is 1. The number of carbonyl (C=O) groups is 2. The molecule has 1 aromatic carbocycles. The van der Waals surface area contributed by atoms with Crippen LogP contribution < -0.4 is 10.1 Å². The number of hydroxylamine groups is 2. The van der Waals surface area contributed by atoms with Crippen LogP contribution in [0.3, 0.4) is 0 Å². The zero-order valence-electron chi connectivity index (χ0n) is 18.6. The van der Waals surface area contributed by atoms with Gasteiger partial charge in [0, 0.05) is 37.3 Å². The van der Waals surface area contributed by atoms with Crippen LogP contribution in [0.2, 0.25) is 0 Å². The molecule has 2 fully saturated rings. The number of nitriles is 1. The Bertz CT molecular complexity index is 1080. The van der Waals surface area contributed by atoms with Gasteiger partial charge < -0.3 is 14.8 Å². The SMILES string of the molecule is CON(C)C(=O)C1CC1C(=O)Nc1ccnc(-c2ccc(OC3CCOCC3)c(C#N)c2)c1. The lowest BCUT2D eigenvalue weighted by molar-refractivity contribution is -0.170. The summed E-state index contributed by atoms with van der Waals surface area (Å²) in [5, 5.41) is 13.6. The van der Waals surface area contributed by atoms with Gasteiger partial charge in [-0.05, 0) is 36.8 Å². The van der Waals surface area contributed by atoms with Crippen LogP contribution in [0.5, 0.6) is 5.75 Å². The number of aromatic nitrogens is 1. The average molecular weight is 450 g/mol. The summed E-state index contributed by atoms with van der Waals surface area (Å²) < 4.78 is 11.4. The highest BCUT2D eigenvalue weighted by Crippen LogP contribution is 2.40. The molecule has 2 amide bonds. The van der Waals surface area contributed by atoms with E-state index >= 15 is 0 Å². The summed E-state index contributed by atoms with van der Waals surface area (Å²) in [6.07, 6.45) is 3.72. The molecule has 2 atom stereocenters. The Kier molecular flexibility index (Phi) is 6.87. The summed E-state index contributed by atoms with van der Waals surface area (Å²) in [5.41, 5.74) is 2.36. The minimum atomic E-state index is -0.376. The molecule has 2 heterocycles. The molecule has 1 N–H and O–H groups in total. The van der Waals surface area contributed by atoms with Crippen LogP contribution in [0.15, 0.2) is 36.5 Å². The second-order valence-corrected chi connectivity index (χ2v) is 8.14. The van der Waals surface area contributed by atoms with Crippen LogP contribution in [0.4, 0.5) is 5.69 Å². The van der Waals surface area contributed by atoms with E-state index in [0.29, 0.717) is 42.3 Å². The first kappa shape index (κ1) is 22.7. The van der Waals surface area contributed by atoms with Crippen molar-refractivity contribution in [3.05, 3.63) is 42.1 Å². The maximum Gasteiger partial charge on any atom is 0.249 e. The molecule has 1 aliphatic carbocycles. The quantitative estimate of drug-likeness (QED) is 0.645. The summed E-state index contributed by atoms with van der Waals surface area (Å²) >= 11 is 0. The van der Waals surface area contributed by atoms with Gasteiger partial charge in [0.15, 0.2) is 0 Å². The van der Waals surface area contributed by atoms with Crippen LogP contribution in [-0.2, 0) is 19.2 Å². The predicted octanol–water partition coefficient (Wildman–Crippen LogP) is 2.77. The van der Waals surface area contributed by atoms with Gasteiger partial charge in [-0.3, -0.25) is 19.4 Å². The van der Waals surface area contributed by atoms with E-state index in [2.05, 4.69) is 16.4 Å². The van der Waals surface area contributed by atoms with Crippen molar-refractivity contribution in [1.82, 2.24) is 10.0 Å². The van der Waals surface area contributed by atoms with E-state index in [-0.39, 0.29) is 29.8 Å². The van der Waals surface area contributed by atoms with Crippen molar-refractivity contribution in [2.75, 3.05) is 32.7 Å². The van der Waals surface area contributed by atoms with Crippen molar-refractivity contribution in [1.29, 1.82) is 5.26 Å². The number of nitrogens with zero attached hydrogens (tertiary/aromatic N) is 3. The van der Waals surface area contributed by atoms with E-state index in [0.717, 1.165) is 23.5 Å². The third-order valence-electron chi connectivity index (χ3n) is 5.91. The second-order valence-electron chi connectivity index (χ2n) is 8.14. The number of hydrogen-bond acceptors (Lipinski definition) is 7. The number of carbonyl (C=O) groups excluding carboxylic acids is 2.